The van der Waals surface area contributed by atoms with Crippen molar-refractivity contribution in [3.05, 3.63) is 35.4 Å². The van der Waals surface area contributed by atoms with Gasteiger partial charge in [0.2, 0.25) is 6.79 Å². The summed E-state index contributed by atoms with van der Waals surface area (Å²) in [5, 5.41) is 2.88. The summed E-state index contributed by atoms with van der Waals surface area (Å²) >= 11 is 0. The predicted molar refractivity (Wildman–Crippen MR) is 118 cm³/mol. The van der Waals surface area contributed by atoms with Crippen molar-refractivity contribution in [1.82, 2.24) is 5.32 Å². The molecule has 1 amide bonds. The van der Waals surface area contributed by atoms with E-state index in [4.69, 9.17) is 18.9 Å². The van der Waals surface area contributed by atoms with Crippen molar-refractivity contribution in [3.63, 3.8) is 0 Å². The number of fused-ring (bicyclic) bond motifs is 3. The second-order valence-electron chi connectivity index (χ2n) is 9.30. The highest BCUT2D eigenvalue weighted by Crippen LogP contribution is 2.56. The van der Waals surface area contributed by atoms with Crippen LogP contribution in [0.4, 0.5) is 4.79 Å². The van der Waals surface area contributed by atoms with E-state index in [1.54, 1.807) is 0 Å². The summed E-state index contributed by atoms with van der Waals surface area (Å²) in [5.41, 5.74) is 2.21. The maximum absolute atomic E-state index is 12.3. The lowest BCUT2D eigenvalue weighted by atomic mass is 9.56. The maximum atomic E-state index is 12.3. The topological polar surface area (TPSA) is 66.0 Å². The molecule has 0 unspecified atom stereocenters. The third kappa shape index (κ3) is 4.14. The largest absolute Gasteiger partial charge is 0.454 e. The second kappa shape index (κ2) is 9.11. The Morgan fingerprint density at radius 3 is 2.84 bits per heavy atom. The first-order valence-electron chi connectivity index (χ1n) is 11.6. The van der Waals surface area contributed by atoms with Crippen LogP contribution >= 0.6 is 0 Å². The number of carbonyl (C=O) groups excluding carboxylic acids is 1. The average Bonchev–Trinajstić information content (AvgIpc) is 3.22. The first kappa shape index (κ1) is 22.0. The number of hydrogen-bond donors (Lipinski definition) is 1. The fourth-order valence-electron chi connectivity index (χ4n) is 5.47. The zero-order valence-electron chi connectivity index (χ0n) is 19.1. The van der Waals surface area contributed by atoms with Gasteiger partial charge in [0.1, 0.15) is 6.61 Å². The molecule has 5 atom stereocenters. The second-order valence-corrected chi connectivity index (χ2v) is 9.30. The number of ether oxygens (including phenoxy) is 4. The number of benzene rings is 1. The Kier molecular flexibility index (Phi) is 6.47. The fourth-order valence-corrected chi connectivity index (χ4v) is 5.47. The van der Waals surface area contributed by atoms with E-state index in [1.165, 1.54) is 5.57 Å². The van der Waals surface area contributed by atoms with Gasteiger partial charge in [-0.25, -0.2) is 4.79 Å². The molecular weight excluding hydrogens is 394 g/mol. The van der Waals surface area contributed by atoms with E-state index in [-0.39, 0.29) is 36.2 Å². The van der Waals surface area contributed by atoms with Crippen LogP contribution in [0.25, 0.3) is 0 Å². The van der Waals surface area contributed by atoms with Gasteiger partial charge in [0.25, 0.3) is 0 Å². The zero-order chi connectivity index (χ0) is 22.0. The Balaban J connectivity index is 1.48. The van der Waals surface area contributed by atoms with Crippen LogP contribution in [-0.2, 0) is 9.47 Å². The van der Waals surface area contributed by atoms with Gasteiger partial charge >= 0.3 is 6.09 Å². The Hall–Kier alpha value is -2.21. The summed E-state index contributed by atoms with van der Waals surface area (Å²) in [6.45, 7) is 10.7. The summed E-state index contributed by atoms with van der Waals surface area (Å²) in [5.74, 6) is 2.36. The van der Waals surface area contributed by atoms with Gasteiger partial charge in [-0.2, -0.15) is 0 Å². The summed E-state index contributed by atoms with van der Waals surface area (Å²) in [4.78, 5) is 12.3. The highest BCUT2D eigenvalue weighted by atomic mass is 16.7. The number of unbranched alkanes of at least 4 members (excludes halogenated alkanes) is 2. The highest BCUT2D eigenvalue weighted by molar-refractivity contribution is 5.67. The molecule has 1 aliphatic carbocycles. The Bertz CT molecular complexity index is 837. The van der Waals surface area contributed by atoms with Gasteiger partial charge in [-0.1, -0.05) is 51.3 Å². The van der Waals surface area contributed by atoms with Crippen LogP contribution in [-0.4, -0.2) is 32.6 Å². The SMILES string of the molecule is CCCCCNC(=O)OC[C@]12CO[C@H](c3ccc4c(c3)OCO4)[C@H](C(C)=C[C@@H]1C)[C@H]2C. The first-order valence-corrected chi connectivity index (χ1v) is 11.6. The van der Waals surface area contributed by atoms with E-state index < -0.39 is 0 Å². The lowest BCUT2D eigenvalue weighted by molar-refractivity contribution is -0.165. The molecule has 0 spiro atoms. The summed E-state index contributed by atoms with van der Waals surface area (Å²) in [7, 11) is 0. The molecule has 2 heterocycles. The lowest BCUT2D eigenvalue weighted by Crippen LogP contribution is -2.54. The highest BCUT2D eigenvalue weighted by Gasteiger charge is 2.54. The number of alkyl carbamates (subject to hydrolysis) is 1. The summed E-state index contributed by atoms with van der Waals surface area (Å²) in [6.07, 6.45) is 5.18. The number of rotatable bonds is 7. The van der Waals surface area contributed by atoms with Crippen molar-refractivity contribution in [2.45, 2.75) is 53.1 Å². The van der Waals surface area contributed by atoms with E-state index in [0.717, 1.165) is 36.3 Å². The molecule has 6 nitrogen and oxygen atoms in total. The number of carbonyl (C=O) groups is 1. The van der Waals surface area contributed by atoms with Crippen molar-refractivity contribution >= 4 is 6.09 Å². The molecule has 1 N–H and O–H groups in total. The molecule has 1 aromatic rings. The normalized spacial score (nSPS) is 31.2. The van der Waals surface area contributed by atoms with Gasteiger partial charge in [0, 0.05) is 17.9 Å². The minimum absolute atomic E-state index is 0.0516. The standard InChI is InChI=1S/C25H35NO5/c1-5-6-7-10-26-24(27)29-14-25-13-28-23(22(18(25)4)16(2)11-17(25)3)19-8-9-20-21(12-19)31-15-30-20/h8-9,11-12,17-18,22-23H,5-7,10,13-15H2,1-4H3,(H,26,27)/t17-,18+,22+,23+,25+/m0/s1. The molecule has 0 saturated carbocycles. The molecule has 0 radical (unpaired) electrons. The van der Waals surface area contributed by atoms with Crippen molar-refractivity contribution in [2.75, 3.05) is 26.6 Å². The fraction of sp³-hybridized carbons (Fsp3) is 0.640. The van der Waals surface area contributed by atoms with E-state index in [0.29, 0.717) is 25.7 Å². The van der Waals surface area contributed by atoms with Crippen molar-refractivity contribution < 1.29 is 23.7 Å². The molecule has 31 heavy (non-hydrogen) atoms. The Morgan fingerprint density at radius 2 is 2.03 bits per heavy atom. The summed E-state index contributed by atoms with van der Waals surface area (Å²) < 4.78 is 23.3. The molecule has 1 saturated heterocycles. The third-order valence-electron chi connectivity index (χ3n) is 7.50. The van der Waals surface area contributed by atoms with Gasteiger partial charge in [-0.3, -0.25) is 0 Å². The van der Waals surface area contributed by atoms with Crippen LogP contribution in [0.15, 0.2) is 29.8 Å². The van der Waals surface area contributed by atoms with Crippen molar-refractivity contribution in [1.29, 1.82) is 0 Å². The lowest BCUT2D eigenvalue weighted by Gasteiger charge is -2.55. The minimum atomic E-state index is -0.328. The Morgan fingerprint density at radius 1 is 1.23 bits per heavy atom. The van der Waals surface area contributed by atoms with Crippen LogP contribution in [0.3, 0.4) is 0 Å². The van der Waals surface area contributed by atoms with Gasteiger partial charge in [-0.15, -0.1) is 0 Å². The van der Waals surface area contributed by atoms with Crippen LogP contribution in [0.2, 0.25) is 0 Å². The van der Waals surface area contributed by atoms with Gasteiger partial charge in [-0.05, 0) is 42.9 Å². The molecule has 2 bridgehead atoms. The maximum Gasteiger partial charge on any atom is 0.407 e. The average molecular weight is 430 g/mol. The monoisotopic (exact) mass is 429 g/mol. The van der Waals surface area contributed by atoms with Crippen LogP contribution in [0.5, 0.6) is 11.5 Å². The van der Waals surface area contributed by atoms with Crippen LogP contribution < -0.4 is 14.8 Å². The quantitative estimate of drug-likeness (QED) is 0.474. The molecular formula is C25H35NO5. The van der Waals surface area contributed by atoms with Crippen molar-refractivity contribution in [2.24, 2.45) is 23.2 Å². The minimum Gasteiger partial charge on any atom is -0.454 e. The van der Waals surface area contributed by atoms with Crippen molar-refractivity contribution in [3.8, 4) is 11.5 Å². The van der Waals surface area contributed by atoms with Gasteiger partial charge in [0.15, 0.2) is 11.5 Å². The molecule has 1 fully saturated rings. The third-order valence-corrected chi connectivity index (χ3v) is 7.50. The molecule has 4 rings (SSSR count). The molecule has 1 aromatic carbocycles. The van der Waals surface area contributed by atoms with Crippen LogP contribution in [0.1, 0.15) is 58.6 Å². The van der Waals surface area contributed by atoms with Gasteiger partial charge in [0.05, 0.1) is 12.7 Å². The smallest absolute Gasteiger partial charge is 0.407 e. The molecule has 170 valence electrons. The van der Waals surface area contributed by atoms with Crippen LogP contribution in [0, 0.1) is 23.2 Å². The number of allylic oxidation sites excluding steroid dienone is 1. The molecule has 3 aliphatic rings. The molecule has 2 aliphatic heterocycles. The molecule has 0 aromatic heterocycles. The van der Waals surface area contributed by atoms with E-state index in [9.17, 15) is 4.79 Å². The van der Waals surface area contributed by atoms with E-state index >= 15 is 0 Å². The molecule has 6 heteroatoms. The zero-order valence-corrected chi connectivity index (χ0v) is 19.1. The number of hydrogen-bond acceptors (Lipinski definition) is 5. The predicted octanol–water partition coefficient (Wildman–Crippen LogP) is 5.24. The van der Waals surface area contributed by atoms with E-state index in [2.05, 4.69) is 45.2 Å². The first-order chi connectivity index (χ1) is 15.0. The van der Waals surface area contributed by atoms with Gasteiger partial charge < -0.3 is 24.3 Å². The van der Waals surface area contributed by atoms with E-state index in [1.807, 2.05) is 12.1 Å². The Labute approximate surface area is 185 Å². The number of amides is 1. The number of nitrogens with one attached hydrogen (secondary N) is 1. The summed E-state index contributed by atoms with van der Waals surface area (Å²) in [6, 6.07) is 6.08.